The van der Waals surface area contributed by atoms with Crippen LogP contribution >= 0.6 is 0 Å². The highest BCUT2D eigenvalue weighted by Gasteiger charge is 2.10. The summed E-state index contributed by atoms with van der Waals surface area (Å²) in [6.07, 6.45) is 3.31. The zero-order valence-electron chi connectivity index (χ0n) is 9.53. The van der Waals surface area contributed by atoms with E-state index in [2.05, 4.69) is 16.9 Å². The first kappa shape index (κ1) is 11.5. The van der Waals surface area contributed by atoms with Gasteiger partial charge in [-0.05, 0) is 12.0 Å². The molecule has 1 aromatic carbocycles. The number of benzene rings is 1. The molecule has 1 N–H and O–H groups in total. The molecule has 1 unspecified atom stereocenters. The number of aliphatic hydroxyl groups excluding tert-OH is 1. The molecule has 0 saturated heterocycles. The van der Waals surface area contributed by atoms with E-state index >= 15 is 0 Å². The molecule has 4 nitrogen and oxygen atoms in total. The van der Waals surface area contributed by atoms with Gasteiger partial charge in [0.25, 0.3) is 0 Å². The van der Waals surface area contributed by atoms with Crippen molar-refractivity contribution in [3.63, 3.8) is 0 Å². The highest BCUT2D eigenvalue weighted by molar-refractivity contribution is 5.15. The molecular formula is C13H15N3O. The second-order valence-corrected chi connectivity index (χ2v) is 3.87. The predicted molar refractivity (Wildman–Crippen MR) is 65.3 cm³/mol. The van der Waals surface area contributed by atoms with Gasteiger partial charge in [0, 0.05) is 0 Å². The molecular weight excluding hydrogens is 214 g/mol. The van der Waals surface area contributed by atoms with Crippen LogP contribution in [-0.2, 0) is 6.54 Å². The van der Waals surface area contributed by atoms with Gasteiger partial charge in [0.1, 0.15) is 11.8 Å². The zero-order chi connectivity index (χ0) is 12.1. The minimum Gasteiger partial charge on any atom is -0.386 e. The number of hydrogen-bond donors (Lipinski definition) is 1. The van der Waals surface area contributed by atoms with Gasteiger partial charge in [0.15, 0.2) is 0 Å². The van der Waals surface area contributed by atoms with E-state index in [9.17, 15) is 5.11 Å². The van der Waals surface area contributed by atoms with Crippen LogP contribution in [0.3, 0.4) is 0 Å². The lowest BCUT2D eigenvalue weighted by atomic mass is 10.2. The highest BCUT2D eigenvalue weighted by atomic mass is 16.3. The van der Waals surface area contributed by atoms with Crippen LogP contribution in [0.5, 0.6) is 0 Å². The van der Waals surface area contributed by atoms with Crippen molar-refractivity contribution in [3.05, 3.63) is 60.4 Å². The Labute approximate surface area is 100 Å². The van der Waals surface area contributed by atoms with Gasteiger partial charge >= 0.3 is 0 Å². The first-order valence-corrected chi connectivity index (χ1v) is 5.52. The van der Waals surface area contributed by atoms with E-state index in [-0.39, 0.29) is 0 Å². The van der Waals surface area contributed by atoms with Crippen molar-refractivity contribution in [1.82, 2.24) is 15.0 Å². The summed E-state index contributed by atoms with van der Waals surface area (Å²) < 4.78 is 1.72. The number of hydrogen-bond acceptors (Lipinski definition) is 3. The van der Waals surface area contributed by atoms with E-state index in [4.69, 9.17) is 0 Å². The molecule has 17 heavy (non-hydrogen) atoms. The number of rotatable bonds is 5. The van der Waals surface area contributed by atoms with Gasteiger partial charge < -0.3 is 5.11 Å². The fraction of sp³-hybridized carbons (Fsp3) is 0.231. The average molecular weight is 229 g/mol. The lowest BCUT2D eigenvalue weighted by Gasteiger charge is -2.02. The topological polar surface area (TPSA) is 50.9 Å². The van der Waals surface area contributed by atoms with Crippen molar-refractivity contribution in [2.45, 2.75) is 19.1 Å². The van der Waals surface area contributed by atoms with Gasteiger partial charge in [-0.2, -0.15) is 0 Å². The Bertz CT molecular complexity index is 478. The Kier molecular flexibility index (Phi) is 3.67. The van der Waals surface area contributed by atoms with E-state index < -0.39 is 6.10 Å². The standard InChI is InChI=1S/C13H15N3O/c1-2-6-13(17)12-10-16(15-14-12)9-11-7-4-3-5-8-11/h2-5,7-8,10,13,17H,1,6,9H2. The summed E-state index contributed by atoms with van der Waals surface area (Å²) in [5.74, 6) is 0. The molecule has 0 fully saturated rings. The van der Waals surface area contributed by atoms with Crippen LogP contribution in [0.2, 0.25) is 0 Å². The van der Waals surface area contributed by atoms with Crippen LogP contribution < -0.4 is 0 Å². The van der Waals surface area contributed by atoms with Crippen molar-refractivity contribution in [1.29, 1.82) is 0 Å². The fourth-order valence-electron chi connectivity index (χ4n) is 1.59. The quantitative estimate of drug-likeness (QED) is 0.797. The van der Waals surface area contributed by atoms with E-state index in [1.54, 1.807) is 17.0 Å². The highest BCUT2D eigenvalue weighted by Crippen LogP contribution is 2.13. The zero-order valence-corrected chi connectivity index (χ0v) is 9.53. The first-order chi connectivity index (χ1) is 8.29. The molecule has 2 aromatic rings. The van der Waals surface area contributed by atoms with Gasteiger partial charge in [-0.3, -0.25) is 0 Å². The van der Waals surface area contributed by atoms with Crippen LogP contribution in [0.25, 0.3) is 0 Å². The molecule has 0 bridgehead atoms. The van der Waals surface area contributed by atoms with Crippen molar-refractivity contribution in [2.24, 2.45) is 0 Å². The normalized spacial score (nSPS) is 12.3. The van der Waals surface area contributed by atoms with Crippen molar-refractivity contribution < 1.29 is 5.11 Å². The van der Waals surface area contributed by atoms with Crippen molar-refractivity contribution >= 4 is 0 Å². The van der Waals surface area contributed by atoms with Crippen LogP contribution in [-0.4, -0.2) is 20.1 Å². The molecule has 0 amide bonds. The number of nitrogens with zero attached hydrogens (tertiary/aromatic N) is 3. The third kappa shape index (κ3) is 3.01. The molecule has 0 saturated carbocycles. The Balaban J connectivity index is 2.06. The second kappa shape index (κ2) is 5.41. The fourth-order valence-corrected chi connectivity index (χ4v) is 1.59. The van der Waals surface area contributed by atoms with Crippen LogP contribution in [0, 0.1) is 0 Å². The Morgan fingerprint density at radius 3 is 2.82 bits per heavy atom. The molecule has 1 aromatic heterocycles. The summed E-state index contributed by atoms with van der Waals surface area (Å²) in [7, 11) is 0. The second-order valence-electron chi connectivity index (χ2n) is 3.87. The molecule has 0 aliphatic rings. The van der Waals surface area contributed by atoms with Gasteiger partial charge in [-0.15, -0.1) is 11.7 Å². The van der Waals surface area contributed by atoms with Gasteiger partial charge in [-0.1, -0.05) is 41.6 Å². The Morgan fingerprint density at radius 2 is 2.12 bits per heavy atom. The summed E-state index contributed by atoms with van der Waals surface area (Å²) in [4.78, 5) is 0. The molecule has 0 radical (unpaired) electrons. The van der Waals surface area contributed by atoms with Crippen molar-refractivity contribution in [3.8, 4) is 0 Å². The van der Waals surface area contributed by atoms with Crippen LogP contribution in [0.4, 0.5) is 0 Å². The molecule has 0 aliphatic heterocycles. The van der Waals surface area contributed by atoms with Gasteiger partial charge in [0.2, 0.25) is 0 Å². The van der Waals surface area contributed by atoms with E-state index in [1.165, 1.54) is 0 Å². The molecule has 0 spiro atoms. The Hall–Kier alpha value is -1.94. The predicted octanol–water partition coefficient (Wildman–Crippen LogP) is 1.94. The molecule has 0 aliphatic carbocycles. The van der Waals surface area contributed by atoms with E-state index in [0.717, 1.165) is 5.56 Å². The maximum atomic E-state index is 9.71. The largest absolute Gasteiger partial charge is 0.386 e. The molecule has 1 atom stereocenters. The van der Waals surface area contributed by atoms with Gasteiger partial charge in [0.05, 0.1) is 12.7 Å². The summed E-state index contributed by atoms with van der Waals surface area (Å²) in [5, 5.41) is 17.6. The number of aliphatic hydroxyl groups is 1. The summed E-state index contributed by atoms with van der Waals surface area (Å²) >= 11 is 0. The molecule has 2 rings (SSSR count). The van der Waals surface area contributed by atoms with Crippen LogP contribution in [0.1, 0.15) is 23.8 Å². The van der Waals surface area contributed by atoms with Gasteiger partial charge in [-0.25, -0.2) is 4.68 Å². The lowest BCUT2D eigenvalue weighted by Crippen LogP contribution is -2.00. The van der Waals surface area contributed by atoms with E-state index in [0.29, 0.717) is 18.7 Å². The minimum atomic E-state index is -0.614. The third-order valence-electron chi connectivity index (χ3n) is 2.48. The third-order valence-corrected chi connectivity index (χ3v) is 2.48. The van der Waals surface area contributed by atoms with Crippen LogP contribution in [0.15, 0.2) is 49.2 Å². The SMILES string of the molecule is C=CCC(O)c1cn(Cc2ccccc2)nn1. The summed E-state index contributed by atoms with van der Waals surface area (Å²) in [6.45, 7) is 4.25. The number of aromatic nitrogens is 3. The summed E-state index contributed by atoms with van der Waals surface area (Å²) in [5.41, 5.74) is 1.74. The Morgan fingerprint density at radius 1 is 1.35 bits per heavy atom. The molecule has 88 valence electrons. The molecule has 1 heterocycles. The minimum absolute atomic E-state index is 0.490. The lowest BCUT2D eigenvalue weighted by molar-refractivity contribution is 0.176. The average Bonchev–Trinajstić information content (AvgIpc) is 2.79. The maximum absolute atomic E-state index is 9.71. The summed E-state index contributed by atoms with van der Waals surface area (Å²) in [6, 6.07) is 10.0. The monoisotopic (exact) mass is 229 g/mol. The molecule has 4 heteroatoms. The maximum Gasteiger partial charge on any atom is 0.111 e. The first-order valence-electron chi connectivity index (χ1n) is 5.52. The van der Waals surface area contributed by atoms with E-state index in [1.807, 2.05) is 30.3 Å². The smallest absolute Gasteiger partial charge is 0.111 e. The van der Waals surface area contributed by atoms with Crippen molar-refractivity contribution in [2.75, 3.05) is 0 Å².